The van der Waals surface area contributed by atoms with Crippen molar-refractivity contribution in [3.05, 3.63) is 60.0 Å². The highest BCUT2D eigenvalue weighted by atomic mass is 32.1. The van der Waals surface area contributed by atoms with Crippen LogP contribution in [0.5, 0.6) is 11.5 Å². The summed E-state index contributed by atoms with van der Waals surface area (Å²) in [5.74, 6) is 0.954. The number of halogens is 1. The molecule has 0 spiro atoms. The van der Waals surface area contributed by atoms with E-state index in [4.69, 9.17) is 14.5 Å². The molecule has 1 aliphatic rings. The normalized spacial score (nSPS) is 14.3. The van der Waals surface area contributed by atoms with E-state index in [0.29, 0.717) is 5.75 Å². The Kier molecular flexibility index (Phi) is 6.54. The van der Waals surface area contributed by atoms with E-state index < -0.39 is 0 Å². The summed E-state index contributed by atoms with van der Waals surface area (Å²) in [6, 6.07) is 13.5. The number of piperidine rings is 1. The summed E-state index contributed by atoms with van der Waals surface area (Å²) in [5, 5.41) is 8.59. The number of aryl methyl sites for hydroxylation is 1. The molecular weight excluding hydrogens is 469 g/mol. The number of nitrogens with zero attached hydrogens (tertiary/aromatic N) is 4. The van der Waals surface area contributed by atoms with Gasteiger partial charge in [-0.25, -0.2) is 9.07 Å². The first-order valence-corrected chi connectivity index (χ1v) is 12.2. The van der Waals surface area contributed by atoms with Gasteiger partial charge in [0.25, 0.3) is 5.91 Å². The molecule has 1 amide bonds. The van der Waals surface area contributed by atoms with Gasteiger partial charge in [-0.05, 0) is 68.3 Å². The lowest BCUT2D eigenvalue weighted by atomic mass is 10.1. The van der Waals surface area contributed by atoms with Crippen LogP contribution in [-0.4, -0.2) is 53.5 Å². The number of carbonyl (C=O) groups is 1. The van der Waals surface area contributed by atoms with E-state index in [0.717, 1.165) is 58.5 Å². The summed E-state index contributed by atoms with van der Waals surface area (Å²) in [5.41, 5.74) is 2.45. The van der Waals surface area contributed by atoms with Gasteiger partial charge in [-0.15, -0.1) is 0 Å². The van der Waals surface area contributed by atoms with Crippen LogP contribution < -0.4 is 19.7 Å². The molecule has 4 aromatic rings. The van der Waals surface area contributed by atoms with E-state index in [-0.39, 0.29) is 24.4 Å². The van der Waals surface area contributed by atoms with Crippen LogP contribution in [0.25, 0.3) is 16.0 Å². The monoisotopic (exact) mass is 495 g/mol. The number of methoxy groups -OCH3 is 1. The number of amides is 1. The Morgan fingerprint density at radius 2 is 1.80 bits per heavy atom. The zero-order chi connectivity index (χ0) is 24.4. The molecule has 0 unspecified atom stereocenters. The molecule has 1 fully saturated rings. The Balaban J connectivity index is 1.17. The minimum Gasteiger partial charge on any atom is -0.497 e. The van der Waals surface area contributed by atoms with Gasteiger partial charge in [0, 0.05) is 19.1 Å². The molecule has 1 N–H and O–H groups in total. The number of ether oxygens (including phenoxy) is 2. The maximum Gasteiger partial charge on any atom is 0.258 e. The Morgan fingerprint density at radius 1 is 1.11 bits per heavy atom. The van der Waals surface area contributed by atoms with Gasteiger partial charge in [0.15, 0.2) is 17.4 Å². The molecule has 10 heteroatoms. The van der Waals surface area contributed by atoms with Crippen LogP contribution in [-0.2, 0) is 4.79 Å². The Bertz CT molecular complexity index is 1310. The van der Waals surface area contributed by atoms with E-state index in [1.807, 2.05) is 6.92 Å². The fraction of sp³-hybridized carbons (Fsp3) is 0.320. The van der Waals surface area contributed by atoms with Gasteiger partial charge in [0.1, 0.15) is 17.3 Å². The third-order valence-electron chi connectivity index (χ3n) is 6.01. The lowest BCUT2D eigenvalue weighted by Gasteiger charge is -2.32. The van der Waals surface area contributed by atoms with E-state index >= 15 is 0 Å². The maximum absolute atomic E-state index is 13.3. The largest absolute Gasteiger partial charge is 0.497 e. The van der Waals surface area contributed by atoms with E-state index in [1.165, 1.54) is 12.1 Å². The number of anilines is 1. The Morgan fingerprint density at radius 3 is 2.49 bits per heavy atom. The zero-order valence-corrected chi connectivity index (χ0v) is 20.3. The molecule has 5 rings (SSSR count). The number of hydrogen-bond acceptors (Lipinski definition) is 7. The number of thiazole rings is 1. The molecule has 182 valence electrons. The van der Waals surface area contributed by atoms with Crippen LogP contribution in [0.1, 0.15) is 18.5 Å². The van der Waals surface area contributed by atoms with Crippen molar-refractivity contribution in [2.75, 3.05) is 31.7 Å². The lowest BCUT2D eigenvalue weighted by molar-refractivity contribution is -0.123. The molecule has 0 aliphatic carbocycles. The Hall–Kier alpha value is -3.66. The van der Waals surface area contributed by atoms with Crippen LogP contribution in [0.4, 0.5) is 9.52 Å². The zero-order valence-electron chi connectivity index (χ0n) is 19.5. The average Bonchev–Trinajstić information content (AvgIpc) is 3.45. The topological polar surface area (TPSA) is 81.5 Å². The quantitative estimate of drug-likeness (QED) is 0.416. The third-order valence-corrected chi connectivity index (χ3v) is 7.22. The second-order valence-electron chi connectivity index (χ2n) is 8.42. The predicted octanol–water partition coefficient (Wildman–Crippen LogP) is 4.10. The van der Waals surface area contributed by atoms with Crippen molar-refractivity contribution < 1.29 is 18.7 Å². The van der Waals surface area contributed by atoms with Gasteiger partial charge in [0.05, 0.1) is 23.2 Å². The van der Waals surface area contributed by atoms with Crippen molar-refractivity contribution in [3.8, 4) is 17.2 Å². The van der Waals surface area contributed by atoms with Crippen LogP contribution >= 0.6 is 11.3 Å². The first-order chi connectivity index (χ1) is 17.0. The molecule has 0 saturated carbocycles. The summed E-state index contributed by atoms with van der Waals surface area (Å²) < 4.78 is 26.8. The van der Waals surface area contributed by atoms with Gasteiger partial charge in [0.2, 0.25) is 0 Å². The minimum atomic E-state index is -0.282. The molecule has 1 saturated heterocycles. The molecule has 0 bridgehead atoms. The van der Waals surface area contributed by atoms with E-state index in [1.54, 1.807) is 59.5 Å². The molecular formula is C25H26FN5O3S. The second kappa shape index (κ2) is 9.91. The minimum absolute atomic E-state index is 0.0242. The lowest BCUT2D eigenvalue weighted by Crippen LogP contribution is -2.46. The number of carbonyl (C=O) groups excluding carboxylic acids is 1. The second-order valence-corrected chi connectivity index (χ2v) is 9.39. The van der Waals surface area contributed by atoms with Crippen molar-refractivity contribution in [1.29, 1.82) is 0 Å². The Labute approximate surface area is 206 Å². The molecule has 8 nitrogen and oxygen atoms in total. The van der Waals surface area contributed by atoms with Crippen molar-refractivity contribution in [3.63, 3.8) is 0 Å². The van der Waals surface area contributed by atoms with Crippen LogP contribution in [0.15, 0.2) is 48.5 Å². The highest BCUT2D eigenvalue weighted by Crippen LogP contribution is 2.33. The van der Waals surface area contributed by atoms with Crippen molar-refractivity contribution in [2.45, 2.75) is 25.8 Å². The molecule has 35 heavy (non-hydrogen) atoms. The fourth-order valence-corrected chi connectivity index (χ4v) is 5.16. The standard InChI is InChI=1S/C25H26FN5O3S/c1-16-23-24(31(29-16)19-5-3-17(26)4-6-19)28-25(35-23)30-13-11-18(12-14-30)27-22(32)15-34-21-9-7-20(33-2)8-10-21/h3-10,18H,11-15H2,1-2H3,(H,27,32). The molecule has 0 radical (unpaired) electrons. The van der Waals surface area contributed by atoms with Crippen LogP contribution in [0.2, 0.25) is 0 Å². The number of rotatable bonds is 7. The summed E-state index contributed by atoms with van der Waals surface area (Å²) >= 11 is 1.61. The molecule has 2 aromatic carbocycles. The van der Waals surface area contributed by atoms with Crippen LogP contribution in [0.3, 0.4) is 0 Å². The van der Waals surface area contributed by atoms with Gasteiger partial charge in [-0.1, -0.05) is 11.3 Å². The van der Waals surface area contributed by atoms with Crippen molar-refractivity contribution in [1.82, 2.24) is 20.1 Å². The molecule has 0 atom stereocenters. The van der Waals surface area contributed by atoms with Gasteiger partial charge >= 0.3 is 0 Å². The smallest absolute Gasteiger partial charge is 0.258 e. The van der Waals surface area contributed by atoms with Crippen molar-refractivity contribution in [2.24, 2.45) is 0 Å². The summed E-state index contributed by atoms with van der Waals surface area (Å²) in [6.45, 7) is 3.52. The van der Waals surface area contributed by atoms with Crippen molar-refractivity contribution >= 4 is 32.7 Å². The fourth-order valence-electron chi connectivity index (χ4n) is 4.13. The number of fused-ring (bicyclic) bond motifs is 1. The predicted molar refractivity (Wildman–Crippen MR) is 133 cm³/mol. The summed E-state index contributed by atoms with van der Waals surface area (Å²) in [7, 11) is 1.61. The molecule has 1 aliphatic heterocycles. The number of benzene rings is 2. The SMILES string of the molecule is COc1ccc(OCC(=O)NC2CCN(c3nc4c(s3)c(C)nn4-c3ccc(F)cc3)CC2)cc1. The van der Waals surface area contributed by atoms with Gasteiger partial charge in [-0.3, -0.25) is 4.79 Å². The number of nitrogens with one attached hydrogen (secondary N) is 1. The summed E-state index contributed by atoms with van der Waals surface area (Å²) in [6.07, 6.45) is 1.65. The maximum atomic E-state index is 13.3. The molecule has 2 aromatic heterocycles. The highest BCUT2D eigenvalue weighted by molar-refractivity contribution is 7.22. The first kappa shape index (κ1) is 23.1. The van der Waals surface area contributed by atoms with Gasteiger partial charge in [-0.2, -0.15) is 10.1 Å². The number of aromatic nitrogens is 3. The van der Waals surface area contributed by atoms with E-state index in [9.17, 15) is 9.18 Å². The summed E-state index contributed by atoms with van der Waals surface area (Å²) in [4.78, 5) is 19.5. The highest BCUT2D eigenvalue weighted by Gasteiger charge is 2.24. The van der Waals surface area contributed by atoms with E-state index in [2.05, 4.69) is 15.3 Å². The molecule has 3 heterocycles. The van der Waals surface area contributed by atoms with Gasteiger partial charge < -0.3 is 19.7 Å². The number of hydrogen-bond donors (Lipinski definition) is 1. The van der Waals surface area contributed by atoms with Crippen LogP contribution in [0, 0.1) is 12.7 Å². The average molecular weight is 496 g/mol. The first-order valence-electron chi connectivity index (χ1n) is 11.4. The third kappa shape index (κ3) is 5.07.